The van der Waals surface area contributed by atoms with E-state index in [2.05, 4.69) is 19.6 Å². The van der Waals surface area contributed by atoms with Crippen molar-refractivity contribution in [3.8, 4) is 22.3 Å². The molecule has 0 radical (unpaired) electrons. The Hall–Kier alpha value is -3.14. The van der Waals surface area contributed by atoms with Crippen LogP contribution < -0.4 is 0 Å². The van der Waals surface area contributed by atoms with Crippen LogP contribution in [0, 0.1) is 29.2 Å². The van der Waals surface area contributed by atoms with E-state index in [1.54, 1.807) is 48.5 Å². The Morgan fingerprint density at radius 3 is 1.98 bits per heavy atom. The molecular weight excluding hydrogens is 508 g/mol. The van der Waals surface area contributed by atoms with E-state index in [4.69, 9.17) is 0 Å². The Bertz CT molecular complexity index is 1320. The molecule has 0 aliphatic heterocycles. The highest BCUT2D eigenvalue weighted by Gasteiger charge is 2.21. The van der Waals surface area contributed by atoms with Gasteiger partial charge in [0.15, 0.2) is 23.3 Å². The van der Waals surface area contributed by atoms with Gasteiger partial charge in [0.25, 0.3) is 0 Å². The van der Waals surface area contributed by atoms with E-state index in [1.807, 2.05) is 6.08 Å². The van der Waals surface area contributed by atoms with Crippen molar-refractivity contribution >= 4 is 5.57 Å². The topological polar surface area (TPSA) is 0 Å². The minimum absolute atomic E-state index is 0.147. The van der Waals surface area contributed by atoms with Crippen LogP contribution in [0.2, 0.25) is 0 Å². The lowest BCUT2D eigenvalue weighted by molar-refractivity contribution is 0.424. The molecule has 1 aliphatic carbocycles. The summed E-state index contributed by atoms with van der Waals surface area (Å²) in [5, 5.41) is 0. The summed E-state index contributed by atoms with van der Waals surface area (Å²) in [7, 11) is 0. The highest BCUT2D eigenvalue weighted by Crippen LogP contribution is 2.37. The monoisotopic (exact) mass is 548 g/mol. The molecule has 40 heavy (non-hydrogen) atoms. The second kappa shape index (κ2) is 14.5. The predicted molar refractivity (Wildman–Crippen MR) is 159 cm³/mol. The molecule has 1 unspecified atom stereocenters. The molecule has 3 aromatic rings. The standard InChI is InChI=1S/C36H40F4/c1-3-5-7-9-11-25-13-15-26(16-14-25)31-23-24-32(36(40)35(31)39)28-19-17-27(18-20-28)30-22-21-29(33(37)34(30)38)12-10-8-6-4-2/h4,15,17-25H,2-3,5-14,16H2,1H3. The van der Waals surface area contributed by atoms with Crippen molar-refractivity contribution < 1.29 is 17.6 Å². The molecule has 0 N–H and O–H groups in total. The van der Waals surface area contributed by atoms with Crippen molar-refractivity contribution in [1.82, 2.24) is 0 Å². The summed E-state index contributed by atoms with van der Waals surface area (Å²) in [4.78, 5) is 0. The zero-order valence-corrected chi connectivity index (χ0v) is 23.6. The highest BCUT2D eigenvalue weighted by atomic mass is 19.2. The molecule has 0 spiro atoms. The Kier molecular flexibility index (Phi) is 10.8. The Balaban J connectivity index is 1.46. The van der Waals surface area contributed by atoms with E-state index in [9.17, 15) is 8.78 Å². The van der Waals surface area contributed by atoms with Crippen LogP contribution in [-0.2, 0) is 6.42 Å². The van der Waals surface area contributed by atoms with Crippen LogP contribution >= 0.6 is 0 Å². The van der Waals surface area contributed by atoms with Crippen molar-refractivity contribution in [3.05, 3.63) is 102 Å². The average Bonchev–Trinajstić information content (AvgIpc) is 2.98. The quantitative estimate of drug-likeness (QED) is 0.113. The highest BCUT2D eigenvalue weighted by molar-refractivity contribution is 5.74. The third-order valence-electron chi connectivity index (χ3n) is 8.19. The van der Waals surface area contributed by atoms with Crippen LogP contribution in [0.25, 0.3) is 27.8 Å². The molecular formula is C36H40F4. The van der Waals surface area contributed by atoms with E-state index in [0.717, 1.165) is 44.1 Å². The zero-order chi connectivity index (χ0) is 28.5. The van der Waals surface area contributed by atoms with Gasteiger partial charge in [-0.25, -0.2) is 17.6 Å². The first-order valence-electron chi connectivity index (χ1n) is 14.8. The SMILES string of the molecule is C=CCCCCc1ccc(-c2ccc(-c3ccc(C4=CCC(CCCCCC)CC4)c(F)c3F)cc2)c(F)c1F. The van der Waals surface area contributed by atoms with Gasteiger partial charge in [-0.3, -0.25) is 0 Å². The maximum Gasteiger partial charge on any atom is 0.167 e. The first-order valence-corrected chi connectivity index (χ1v) is 14.8. The van der Waals surface area contributed by atoms with Crippen molar-refractivity contribution in [2.75, 3.05) is 0 Å². The predicted octanol–water partition coefficient (Wildman–Crippen LogP) is 11.6. The van der Waals surface area contributed by atoms with Crippen molar-refractivity contribution in [2.24, 2.45) is 5.92 Å². The van der Waals surface area contributed by atoms with E-state index >= 15 is 8.78 Å². The Labute approximate surface area is 236 Å². The third kappa shape index (κ3) is 7.13. The molecule has 212 valence electrons. The molecule has 0 saturated heterocycles. The van der Waals surface area contributed by atoms with Crippen LogP contribution in [0.5, 0.6) is 0 Å². The molecule has 4 rings (SSSR count). The maximum absolute atomic E-state index is 15.2. The van der Waals surface area contributed by atoms with Gasteiger partial charge < -0.3 is 0 Å². The van der Waals surface area contributed by atoms with E-state index in [1.165, 1.54) is 32.1 Å². The van der Waals surface area contributed by atoms with Crippen LogP contribution in [0.15, 0.2) is 67.3 Å². The molecule has 0 fully saturated rings. The Morgan fingerprint density at radius 1 is 0.725 bits per heavy atom. The number of allylic oxidation sites excluding steroid dienone is 3. The second-order valence-corrected chi connectivity index (χ2v) is 11.0. The first kappa shape index (κ1) is 29.8. The molecule has 0 bridgehead atoms. The summed E-state index contributed by atoms with van der Waals surface area (Å²) in [5.41, 5.74) is 2.83. The van der Waals surface area contributed by atoms with Crippen molar-refractivity contribution in [3.63, 3.8) is 0 Å². The molecule has 1 aliphatic rings. The number of benzene rings is 3. The lowest BCUT2D eigenvalue weighted by Gasteiger charge is -2.22. The molecule has 1 atom stereocenters. The average molecular weight is 549 g/mol. The number of halogens is 4. The number of unbranched alkanes of at least 4 members (excludes halogenated alkanes) is 5. The second-order valence-electron chi connectivity index (χ2n) is 11.0. The largest absolute Gasteiger partial charge is 0.203 e. The molecule has 0 amide bonds. The maximum atomic E-state index is 15.2. The fraction of sp³-hybridized carbons (Fsp3) is 0.389. The molecule has 3 aromatic carbocycles. The summed E-state index contributed by atoms with van der Waals surface area (Å²) < 4.78 is 60.1. The van der Waals surface area contributed by atoms with Gasteiger partial charge in [0.2, 0.25) is 0 Å². The molecule has 0 saturated carbocycles. The summed E-state index contributed by atoms with van der Waals surface area (Å²) in [6, 6.07) is 13.0. The van der Waals surface area contributed by atoms with Gasteiger partial charge in [-0.15, -0.1) is 6.58 Å². The number of hydrogen-bond donors (Lipinski definition) is 0. The van der Waals surface area contributed by atoms with E-state index in [-0.39, 0.29) is 11.1 Å². The Morgan fingerprint density at radius 2 is 1.35 bits per heavy atom. The normalized spacial score (nSPS) is 15.2. The fourth-order valence-electron chi connectivity index (χ4n) is 5.71. The molecule has 4 heteroatoms. The first-order chi connectivity index (χ1) is 19.4. The zero-order valence-electron chi connectivity index (χ0n) is 23.6. The van der Waals surface area contributed by atoms with Gasteiger partial charge in [-0.05, 0) is 73.1 Å². The van der Waals surface area contributed by atoms with Gasteiger partial charge in [0.05, 0.1) is 0 Å². The van der Waals surface area contributed by atoms with Crippen LogP contribution in [0.1, 0.15) is 88.7 Å². The van der Waals surface area contributed by atoms with E-state index < -0.39 is 23.3 Å². The summed E-state index contributed by atoms with van der Waals surface area (Å²) >= 11 is 0. The molecule has 0 nitrogen and oxygen atoms in total. The minimum atomic E-state index is -0.889. The summed E-state index contributed by atoms with van der Waals surface area (Å²) in [6.45, 7) is 5.89. The van der Waals surface area contributed by atoms with Gasteiger partial charge in [-0.2, -0.15) is 0 Å². The van der Waals surface area contributed by atoms with Crippen molar-refractivity contribution in [2.45, 2.75) is 84.0 Å². The van der Waals surface area contributed by atoms with E-state index in [0.29, 0.717) is 34.6 Å². The number of aryl methyl sites for hydroxylation is 1. The number of hydrogen-bond acceptors (Lipinski definition) is 0. The summed E-state index contributed by atoms with van der Waals surface area (Å²) in [6.07, 6.45) is 15.7. The lowest BCUT2D eigenvalue weighted by atomic mass is 9.83. The van der Waals surface area contributed by atoms with Crippen LogP contribution in [0.3, 0.4) is 0 Å². The number of rotatable bonds is 13. The summed E-state index contributed by atoms with van der Waals surface area (Å²) in [5.74, 6) is -2.80. The van der Waals surface area contributed by atoms with Crippen molar-refractivity contribution in [1.29, 1.82) is 0 Å². The van der Waals surface area contributed by atoms with Crippen LogP contribution in [-0.4, -0.2) is 0 Å². The smallest absolute Gasteiger partial charge is 0.167 e. The lowest BCUT2D eigenvalue weighted by Crippen LogP contribution is -2.07. The fourth-order valence-corrected chi connectivity index (χ4v) is 5.71. The minimum Gasteiger partial charge on any atom is -0.203 e. The van der Waals surface area contributed by atoms with Gasteiger partial charge in [-0.1, -0.05) is 99.7 Å². The third-order valence-corrected chi connectivity index (χ3v) is 8.19. The molecule has 0 heterocycles. The molecule has 0 aromatic heterocycles. The van der Waals surface area contributed by atoms with Gasteiger partial charge in [0, 0.05) is 16.7 Å². The van der Waals surface area contributed by atoms with Gasteiger partial charge >= 0.3 is 0 Å². The van der Waals surface area contributed by atoms with Gasteiger partial charge in [0.1, 0.15) is 0 Å². The van der Waals surface area contributed by atoms with Crippen LogP contribution in [0.4, 0.5) is 17.6 Å².